The van der Waals surface area contributed by atoms with Crippen molar-refractivity contribution in [3.8, 4) is 0 Å². The molecule has 0 N–H and O–H groups in total. The number of amides is 1. The highest BCUT2D eigenvalue weighted by Gasteiger charge is 2.20. The summed E-state index contributed by atoms with van der Waals surface area (Å²) in [5.74, 6) is -1.18. The van der Waals surface area contributed by atoms with E-state index in [1.165, 1.54) is 10.5 Å². The topological polar surface area (TPSA) is 104 Å². The van der Waals surface area contributed by atoms with Gasteiger partial charge in [-0.15, -0.1) is 0 Å². The van der Waals surface area contributed by atoms with E-state index in [2.05, 4.69) is 4.99 Å². The molecule has 1 aromatic carbocycles. The number of ether oxygens (including phenoxy) is 2. The molecule has 0 saturated heterocycles. The van der Waals surface area contributed by atoms with E-state index in [0.29, 0.717) is 36.4 Å². The molecule has 0 aliphatic carbocycles. The van der Waals surface area contributed by atoms with Gasteiger partial charge in [0.2, 0.25) is 0 Å². The van der Waals surface area contributed by atoms with Crippen LogP contribution in [0.5, 0.6) is 0 Å². The third-order valence-electron chi connectivity index (χ3n) is 6.01. The van der Waals surface area contributed by atoms with Crippen LogP contribution in [0.25, 0.3) is 16.7 Å². The summed E-state index contributed by atoms with van der Waals surface area (Å²) in [7, 11) is 1.59. The summed E-state index contributed by atoms with van der Waals surface area (Å²) in [5.41, 5.74) is 3.65. The molecule has 192 valence electrons. The third-order valence-corrected chi connectivity index (χ3v) is 6.01. The molecule has 3 aromatic heterocycles. The number of fused-ring (bicyclic) bond motifs is 2. The summed E-state index contributed by atoms with van der Waals surface area (Å²) >= 11 is 0. The molecule has 0 aliphatic heterocycles. The van der Waals surface area contributed by atoms with E-state index in [0.717, 1.165) is 16.7 Å². The predicted octanol–water partition coefficient (Wildman–Crippen LogP) is 3.53. The van der Waals surface area contributed by atoms with Crippen LogP contribution in [-0.4, -0.2) is 46.2 Å². The molecular formula is C28H30N4O5. The molecule has 0 saturated carbocycles. The number of nitrogens with zero attached hydrogens (tertiary/aromatic N) is 4. The van der Waals surface area contributed by atoms with Crippen LogP contribution in [0.4, 0.5) is 0 Å². The molecule has 37 heavy (non-hydrogen) atoms. The number of methoxy groups -OCH3 is 1. The molecule has 0 spiro atoms. The molecule has 1 amide bonds. The number of aryl methyl sites for hydroxylation is 4. The minimum absolute atomic E-state index is 0.0241. The maximum absolute atomic E-state index is 13.5. The van der Waals surface area contributed by atoms with Crippen molar-refractivity contribution in [1.29, 1.82) is 0 Å². The van der Waals surface area contributed by atoms with Crippen molar-refractivity contribution in [1.82, 2.24) is 14.0 Å². The predicted molar refractivity (Wildman–Crippen MR) is 140 cm³/mol. The van der Waals surface area contributed by atoms with E-state index in [9.17, 15) is 14.4 Å². The highest BCUT2D eigenvalue weighted by atomic mass is 16.5. The molecule has 0 aliphatic rings. The lowest BCUT2D eigenvalue weighted by Gasteiger charge is -2.15. The van der Waals surface area contributed by atoms with Gasteiger partial charge in [0.1, 0.15) is 16.9 Å². The highest BCUT2D eigenvalue weighted by Crippen LogP contribution is 2.15. The number of aromatic nitrogens is 3. The van der Waals surface area contributed by atoms with Crippen LogP contribution in [0.1, 0.15) is 50.8 Å². The molecule has 0 fully saturated rings. The van der Waals surface area contributed by atoms with Gasteiger partial charge in [0.15, 0.2) is 5.49 Å². The Hall–Kier alpha value is -4.11. The van der Waals surface area contributed by atoms with Crippen molar-refractivity contribution >= 4 is 28.6 Å². The number of carbonyl (C=O) groups excluding carboxylic acids is 2. The quantitative estimate of drug-likeness (QED) is 0.218. The Morgan fingerprint density at radius 2 is 1.78 bits per heavy atom. The van der Waals surface area contributed by atoms with Crippen LogP contribution in [0.15, 0.2) is 52.4 Å². The van der Waals surface area contributed by atoms with Gasteiger partial charge in [-0.2, -0.15) is 4.99 Å². The van der Waals surface area contributed by atoms with Gasteiger partial charge in [0.25, 0.3) is 11.5 Å². The van der Waals surface area contributed by atoms with Crippen LogP contribution in [0.3, 0.4) is 0 Å². The van der Waals surface area contributed by atoms with Gasteiger partial charge >= 0.3 is 5.97 Å². The molecule has 0 radical (unpaired) electrons. The van der Waals surface area contributed by atoms with Crippen LogP contribution in [0, 0.1) is 20.8 Å². The molecule has 4 rings (SSSR count). The zero-order valence-corrected chi connectivity index (χ0v) is 21.7. The standard InChI is InChI=1S/C28H30N4O5/c1-6-37-28(35)22-16-21-24(29-23-19(4)9-7-10-32(23)27(21)34)31(11-8-12-36-5)25(22)30-26(33)20-14-17(2)13-18(3)15-20/h7,9-10,13-16H,6,8,11-12H2,1-5H3. The number of hydrogen-bond acceptors (Lipinski definition) is 6. The monoisotopic (exact) mass is 502 g/mol. The number of esters is 1. The van der Waals surface area contributed by atoms with Crippen molar-refractivity contribution < 1.29 is 19.1 Å². The van der Waals surface area contributed by atoms with Gasteiger partial charge in [-0.3, -0.25) is 14.0 Å². The molecule has 0 unspecified atom stereocenters. The zero-order valence-electron chi connectivity index (χ0n) is 21.7. The second kappa shape index (κ2) is 10.9. The number of rotatable bonds is 7. The first-order valence-electron chi connectivity index (χ1n) is 12.1. The molecule has 0 atom stereocenters. The molecule has 0 bridgehead atoms. The normalized spacial score (nSPS) is 11.9. The molecule has 3 heterocycles. The summed E-state index contributed by atoms with van der Waals surface area (Å²) in [6.07, 6.45) is 2.18. The Morgan fingerprint density at radius 1 is 1.05 bits per heavy atom. The number of benzene rings is 1. The van der Waals surface area contributed by atoms with Crippen LogP contribution >= 0.6 is 0 Å². The molecule has 4 aromatic rings. The van der Waals surface area contributed by atoms with Crippen molar-refractivity contribution in [3.05, 3.63) is 86.3 Å². The highest BCUT2D eigenvalue weighted by molar-refractivity contribution is 5.97. The SMILES string of the molecule is CCOC(=O)c1cc2c(=O)n3cccc(C)c3nc2n(CCCOC)c1=NC(=O)c1cc(C)cc(C)c1. The van der Waals surface area contributed by atoms with E-state index in [1.54, 1.807) is 43.0 Å². The Balaban J connectivity index is 2.12. The van der Waals surface area contributed by atoms with E-state index in [1.807, 2.05) is 32.9 Å². The van der Waals surface area contributed by atoms with Gasteiger partial charge < -0.3 is 14.0 Å². The molecule has 9 heteroatoms. The fourth-order valence-electron chi connectivity index (χ4n) is 4.40. The van der Waals surface area contributed by atoms with E-state index >= 15 is 0 Å². The van der Waals surface area contributed by atoms with Gasteiger partial charge in [-0.25, -0.2) is 9.78 Å². The Labute approximate surface area is 214 Å². The van der Waals surface area contributed by atoms with Crippen LogP contribution in [-0.2, 0) is 16.0 Å². The minimum atomic E-state index is -0.675. The maximum atomic E-state index is 13.5. The summed E-state index contributed by atoms with van der Waals surface area (Å²) in [6.45, 7) is 8.22. The van der Waals surface area contributed by atoms with Gasteiger partial charge in [0.05, 0.1) is 12.0 Å². The van der Waals surface area contributed by atoms with Gasteiger partial charge in [0, 0.05) is 32.0 Å². The van der Waals surface area contributed by atoms with Crippen LogP contribution < -0.4 is 11.0 Å². The fraction of sp³-hybridized carbons (Fsp3) is 0.321. The molecule has 9 nitrogen and oxygen atoms in total. The lowest BCUT2D eigenvalue weighted by atomic mass is 10.1. The number of hydrogen-bond donors (Lipinski definition) is 0. The van der Waals surface area contributed by atoms with Crippen molar-refractivity contribution in [2.75, 3.05) is 20.3 Å². The van der Waals surface area contributed by atoms with E-state index in [-0.39, 0.29) is 28.6 Å². The Morgan fingerprint density at radius 3 is 2.46 bits per heavy atom. The zero-order chi connectivity index (χ0) is 26.7. The first-order chi connectivity index (χ1) is 17.7. The van der Waals surface area contributed by atoms with Crippen LogP contribution in [0.2, 0.25) is 0 Å². The van der Waals surface area contributed by atoms with Crippen molar-refractivity contribution in [3.63, 3.8) is 0 Å². The average molecular weight is 503 g/mol. The average Bonchev–Trinajstić information content (AvgIpc) is 2.85. The van der Waals surface area contributed by atoms with E-state index < -0.39 is 11.9 Å². The lowest BCUT2D eigenvalue weighted by molar-refractivity contribution is 0.0523. The first-order valence-corrected chi connectivity index (χ1v) is 12.1. The second-order valence-electron chi connectivity index (χ2n) is 8.93. The lowest BCUT2D eigenvalue weighted by Crippen LogP contribution is -2.33. The van der Waals surface area contributed by atoms with Crippen molar-refractivity contribution in [2.45, 2.75) is 40.7 Å². The Kier molecular flexibility index (Phi) is 7.63. The summed E-state index contributed by atoms with van der Waals surface area (Å²) in [5, 5.41) is 0.223. The van der Waals surface area contributed by atoms with Crippen molar-refractivity contribution in [2.24, 2.45) is 4.99 Å². The number of carbonyl (C=O) groups is 2. The third kappa shape index (κ3) is 5.22. The fourth-order valence-corrected chi connectivity index (χ4v) is 4.40. The number of pyridine rings is 2. The Bertz CT molecular complexity index is 1630. The second-order valence-corrected chi connectivity index (χ2v) is 8.93. The van der Waals surface area contributed by atoms with Gasteiger partial charge in [-0.1, -0.05) is 23.3 Å². The van der Waals surface area contributed by atoms with Gasteiger partial charge in [-0.05, 0) is 63.9 Å². The maximum Gasteiger partial charge on any atom is 0.341 e. The summed E-state index contributed by atoms with van der Waals surface area (Å²) < 4.78 is 13.6. The smallest absolute Gasteiger partial charge is 0.341 e. The largest absolute Gasteiger partial charge is 0.462 e. The molecular weight excluding hydrogens is 472 g/mol. The minimum Gasteiger partial charge on any atom is -0.462 e. The first kappa shape index (κ1) is 26.0. The van der Waals surface area contributed by atoms with E-state index in [4.69, 9.17) is 14.5 Å². The summed E-state index contributed by atoms with van der Waals surface area (Å²) in [4.78, 5) is 49.2. The summed E-state index contributed by atoms with van der Waals surface area (Å²) in [6, 6.07) is 10.5.